The first-order valence-electron chi connectivity index (χ1n) is 2.89. The second-order valence-corrected chi connectivity index (χ2v) is 3.45. The van der Waals surface area contributed by atoms with Crippen molar-refractivity contribution in [2.75, 3.05) is 12.9 Å². The summed E-state index contributed by atoms with van der Waals surface area (Å²) in [6.07, 6.45) is -0.0664. The number of thiol groups is 1. The quantitative estimate of drug-likeness (QED) is 0.381. The molecule has 0 heterocycles. The van der Waals surface area contributed by atoms with Crippen molar-refractivity contribution >= 4 is 29.7 Å². The van der Waals surface area contributed by atoms with Crippen LogP contribution in [0.5, 0.6) is 0 Å². The molecular formula is C5H10O4S2. The summed E-state index contributed by atoms with van der Waals surface area (Å²) in [6.45, 7) is 0. The molecule has 0 radical (unpaired) electrons. The average molecular weight is 198 g/mol. The fourth-order valence-corrected chi connectivity index (χ4v) is 1.39. The largest absolute Gasteiger partial charge is 0.469 e. The van der Waals surface area contributed by atoms with Crippen LogP contribution in [0, 0.1) is 0 Å². The van der Waals surface area contributed by atoms with Gasteiger partial charge in [-0.15, -0.1) is 0 Å². The standard InChI is InChI=1S/C5H10O4S2/c1-9-5(6)2-4(3-10)11(7)8/h4,10H,2-3H2,1H3,(H,7,8). The Morgan fingerprint density at radius 1 is 1.82 bits per heavy atom. The van der Waals surface area contributed by atoms with E-state index in [1.807, 2.05) is 0 Å². The molecule has 1 N–H and O–H groups in total. The Morgan fingerprint density at radius 3 is 2.64 bits per heavy atom. The zero-order valence-corrected chi connectivity index (χ0v) is 7.73. The summed E-state index contributed by atoms with van der Waals surface area (Å²) in [5, 5.41) is -0.634. The van der Waals surface area contributed by atoms with Gasteiger partial charge in [0.1, 0.15) is 0 Å². The molecule has 66 valence electrons. The zero-order valence-electron chi connectivity index (χ0n) is 6.02. The highest BCUT2D eigenvalue weighted by Crippen LogP contribution is 2.03. The van der Waals surface area contributed by atoms with Crippen molar-refractivity contribution in [1.29, 1.82) is 0 Å². The van der Waals surface area contributed by atoms with Crippen LogP contribution in [0.3, 0.4) is 0 Å². The van der Waals surface area contributed by atoms with Crippen LogP contribution in [-0.4, -0.2) is 32.8 Å². The van der Waals surface area contributed by atoms with Gasteiger partial charge in [0, 0.05) is 5.75 Å². The molecule has 0 aromatic heterocycles. The fraction of sp³-hybridized carbons (Fsp3) is 0.800. The molecule has 6 heteroatoms. The van der Waals surface area contributed by atoms with Gasteiger partial charge in [0.2, 0.25) is 0 Å². The van der Waals surface area contributed by atoms with Gasteiger partial charge in [0.15, 0.2) is 11.1 Å². The van der Waals surface area contributed by atoms with E-state index in [4.69, 9.17) is 4.55 Å². The number of carbonyl (C=O) groups excluding carboxylic acids is 1. The van der Waals surface area contributed by atoms with Crippen molar-refractivity contribution in [3.8, 4) is 0 Å². The minimum Gasteiger partial charge on any atom is -0.469 e. The minimum absolute atomic E-state index is 0.0664. The van der Waals surface area contributed by atoms with Crippen LogP contribution in [0.15, 0.2) is 0 Å². The van der Waals surface area contributed by atoms with E-state index in [1.54, 1.807) is 0 Å². The van der Waals surface area contributed by atoms with Gasteiger partial charge < -0.3 is 9.29 Å². The summed E-state index contributed by atoms with van der Waals surface area (Å²) in [7, 11) is 1.23. The maximum Gasteiger partial charge on any atom is 0.306 e. The maximum atomic E-state index is 10.6. The van der Waals surface area contributed by atoms with Crippen LogP contribution in [0.25, 0.3) is 0 Å². The molecule has 2 unspecified atom stereocenters. The van der Waals surface area contributed by atoms with E-state index in [0.29, 0.717) is 0 Å². The van der Waals surface area contributed by atoms with Gasteiger partial charge in [-0.25, -0.2) is 4.21 Å². The van der Waals surface area contributed by atoms with Crippen molar-refractivity contribution in [2.24, 2.45) is 0 Å². The lowest BCUT2D eigenvalue weighted by Gasteiger charge is -2.06. The van der Waals surface area contributed by atoms with Crippen LogP contribution in [0.4, 0.5) is 0 Å². The van der Waals surface area contributed by atoms with Crippen LogP contribution in [0.2, 0.25) is 0 Å². The number of ether oxygens (including phenoxy) is 1. The lowest BCUT2D eigenvalue weighted by Crippen LogP contribution is -2.21. The molecule has 0 aromatic rings. The van der Waals surface area contributed by atoms with Crippen molar-refractivity contribution in [3.05, 3.63) is 0 Å². The van der Waals surface area contributed by atoms with Crippen LogP contribution < -0.4 is 0 Å². The topological polar surface area (TPSA) is 63.6 Å². The van der Waals surface area contributed by atoms with Crippen LogP contribution in [-0.2, 0) is 20.6 Å². The molecule has 0 saturated carbocycles. The molecule has 2 atom stereocenters. The van der Waals surface area contributed by atoms with Gasteiger partial charge in [0.25, 0.3) is 0 Å². The maximum absolute atomic E-state index is 10.6. The third kappa shape index (κ3) is 4.39. The molecule has 0 bridgehead atoms. The van der Waals surface area contributed by atoms with Crippen molar-refractivity contribution in [2.45, 2.75) is 11.7 Å². The van der Waals surface area contributed by atoms with Gasteiger partial charge >= 0.3 is 5.97 Å². The third-order valence-corrected chi connectivity index (χ3v) is 2.70. The van der Waals surface area contributed by atoms with Gasteiger partial charge in [-0.05, 0) is 0 Å². The Hall–Kier alpha value is -0.0700. The van der Waals surface area contributed by atoms with Crippen LogP contribution >= 0.6 is 12.6 Å². The van der Waals surface area contributed by atoms with E-state index >= 15 is 0 Å². The first kappa shape index (κ1) is 10.9. The average Bonchev–Trinajstić information content (AvgIpc) is 1.99. The molecule has 0 amide bonds. The van der Waals surface area contributed by atoms with Crippen molar-refractivity contribution in [1.82, 2.24) is 0 Å². The molecule has 0 aliphatic rings. The Morgan fingerprint density at radius 2 is 2.36 bits per heavy atom. The zero-order chi connectivity index (χ0) is 8.85. The molecule has 0 aliphatic carbocycles. The van der Waals surface area contributed by atoms with Gasteiger partial charge in [0.05, 0.1) is 18.8 Å². The van der Waals surface area contributed by atoms with E-state index in [1.165, 1.54) is 7.11 Å². The van der Waals surface area contributed by atoms with E-state index in [0.717, 1.165) is 0 Å². The van der Waals surface area contributed by atoms with Gasteiger partial charge in [-0.3, -0.25) is 4.79 Å². The number of hydrogen-bond donors (Lipinski definition) is 2. The van der Waals surface area contributed by atoms with Gasteiger partial charge in [-0.2, -0.15) is 12.6 Å². The second-order valence-electron chi connectivity index (χ2n) is 1.86. The van der Waals surface area contributed by atoms with E-state index in [-0.39, 0.29) is 12.2 Å². The highest BCUT2D eigenvalue weighted by atomic mass is 32.2. The van der Waals surface area contributed by atoms with Crippen molar-refractivity contribution in [3.63, 3.8) is 0 Å². The predicted molar refractivity (Wildman–Crippen MR) is 45.0 cm³/mol. The summed E-state index contributed by atoms with van der Waals surface area (Å²) < 4.78 is 23.3. The highest BCUT2D eigenvalue weighted by molar-refractivity contribution is 7.84. The minimum atomic E-state index is -2.00. The normalized spacial score (nSPS) is 15.5. The van der Waals surface area contributed by atoms with Crippen molar-refractivity contribution < 1.29 is 18.3 Å². The number of rotatable bonds is 4. The Balaban J connectivity index is 3.88. The Kier molecular flexibility index (Phi) is 5.53. The monoisotopic (exact) mass is 198 g/mol. The molecule has 0 rings (SSSR count). The molecule has 0 spiro atoms. The summed E-state index contributed by atoms with van der Waals surface area (Å²) in [4.78, 5) is 10.6. The predicted octanol–water partition coefficient (Wildman–Crippen LogP) is 0.0696. The Bertz CT molecular complexity index is 159. The van der Waals surface area contributed by atoms with E-state index in [2.05, 4.69) is 17.4 Å². The molecule has 0 aliphatic heterocycles. The molecule has 0 aromatic carbocycles. The highest BCUT2D eigenvalue weighted by Gasteiger charge is 2.17. The smallest absolute Gasteiger partial charge is 0.306 e. The molecule has 0 saturated heterocycles. The fourth-order valence-electron chi connectivity index (χ4n) is 0.469. The number of hydrogen-bond acceptors (Lipinski definition) is 4. The van der Waals surface area contributed by atoms with E-state index < -0.39 is 22.3 Å². The third-order valence-electron chi connectivity index (χ3n) is 1.11. The second kappa shape index (κ2) is 5.56. The number of esters is 1. The first-order valence-corrected chi connectivity index (χ1v) is 4.69. The lowest BCUT2D eigenvalue weighted by atomic mass is 10.3. The first-order chi connectivity index (χ1) is 5.11. The molecule has 11 heavy (non-hydrogen) atoms. The number of methoxy groups -OCH3 is 1. The summed E-state index contributed by atoms with van der Waals surface area (Å²) in [5.74, 6) is -0.301. The van der Waals surface area contributed by atoms with Crippen LogP contribution in [0.1, 0.15) is 6.42 Å². The summed E-state index contributed by atoms with van der Waals surface area (Å²) >= 11 is 1.80. The summed E-state index contributed by atoms with van der Waals surface area (Å²) in [6, 6.07) is 0. The molecule has 4 nitrogen and oxygen atoms in total. The summed E-state index contributed by atoms with van der Waals surface area (Å²) in [5.41, 5.74) is 0. The molecule has 0 fully saturated rings. The Labute approximate surface area is 73.0 Å². The molecular weight excluding hydrogens is 188 g/mol. The number of carbonyl (C=O) groups is 1. The van der Waals surface area contributed by atoms with Gasteiger partial charge in [-0.1, -0.05) is 0 Å². The SMILES string of the molecule is COC(=O)CC(CS)S(=O)O. The van der Waals surface area contributed by atoms with E-state index in [9.17, 15) is 9.00 Å². The lowest BCUT2D eigenvalue weighted by molar-refractivity contribution is -0.140.